The van der Waals surface area contributed by atoms with E-state index in [4.69, 9.17) is 21.4 Å². The Morgan fingerprint density at radius 3 is 2.80 bits per heavy atom. The number of nitrogens with one attached hydrogen (secondary N) is 1. The second kappa shape index (κ2) is 6.56. The highest BCUT2D eigenvalue weighted by Gasteiger charge is 2.38. The van der Waals surface area contributed by atoms with E-state index in [0.717, 1.165) is 0 Å². The van der Waals surface area contributed by atoms with Gasteiger partial charge in [0, 0.05) is 19.6 Å². The number of carbonyl (C=O) groups excluding carboxylic acids is 1. The molecular formula is C13H16ClNO4S. The minimum Gasteiger partial charge on any atom is -0.481 e. The number of methoxy groups -OCH3 is 1. The highest BCUT2D eigenvalue weighted by molar-refractivity contribution is 7.17. The molecule has 1 aliphatic rings. The zero-order valence-electron chi connectivity index (χ0n) is 11.0. The van der Waals surface area contributed by atoms with Crippen LogP contribution in [-0.4, -0.2) is 36.7 Å². The first-order valence-electron chi connectivity index (χ1n) is 6.30. The fraction of sp³-hybridized carbons (Fsp3) is 0.538. The summed E-state index contributed by atoms with van der Waals surface area (Å²) < 4.78 is 5.88. The molecule has 0 saturated heterocycles. The van der Waals surface area contributed by atoms with Gasteiger partial charge in [0.05, 0.1) is 21.2 Å². The second-order valence-corrected chi connectivity index (χ2v) is 6.57. The molecule has 1 amide bonds. The molecule has 1 heterocycles. The Morgan fingerprint density at radius 2 is 2.25 bits per heavy atom. The molecule has 110 valence electrons. The second-order valence-electron chi connectivity index (χ2n) is 4.85. The van der Waals surface area contributed by atoms with Gasteiger partial charge in [-0.05, 0) is 25.0 Å². The van der Waals surface area contributed by atoms with Crippen LogP contribution in [0.25, 0.3) is 0 Å². The standard InChI is InChI=1S/C13H16ClNO4S/c1-19-9-5-7(13(17)18)4-8(9)6-15-12(16)10-2-3-11(14)20-10/h2-3,7-9H,4-6H2,1H3,(H,15,16)(H,17,18). The van der Waals surface area contributed by atoms with Gasteiger partial charge in [0.2, 0.25) is 0 Å². The SMILES string of the molecule is COC1CC(C(=O)O)CC1CNC(=O)c1ccc(Cl)s1. The molecule has 1 fully saturated rings. The summed E-state index contributed by atoms with van der Waals surface area (Å²) in [4.78, 5) is 23.5. The molecule has 20 heavy (non-hydrogen) atoms. The maximum Gasteiger partial charge on any atom is 0.306 e. The summed E-state index contributed by atoms with van der Waals surface area (Å²) in [5.41, 5.74) is 0. The van der Waals surface area contributed by atoms with E-state index >= 15 is 0 Å². The number of ether oxygens (including phenoxy) is 1. The number of hydrogen-bond donors (Lipinski definition) is 2. The van der Waals surface area contributed by atoms with Gasteiger partial charge >= 0.3 is 5.97 Å². The summed E-state index contributed by atoms with van der Waals surface area (Å²) in [5, 5.41) is 11.9. The number of carboxylic acids is 1. The van der Waals surface area contributed by atoms with Gasteiger partial charge in [0.1, 0.15) is 0 Å². The van der Waals surface area contributed by atoms with E-state index in [-0.39, 0.29) is 17.9 Å². The first-order valence-corrected chi connectivity index (χ1v) is 7.49. The highest BCUT2D eigenvalue weighted by Crippen LogP contribution is 2.33. The van der Waals surface area contributed by atoms with Crippen molar-refractivity contribution in [1.82, 2.24) is 5.32 Å². The van der Waals surface area contributed by atoms with Crippen LogP contribution in [0.4, 0.5) is 0 Å². The van der Waals surface area contributed by atoms with Gasteiger partial charge in [0.15, 0.2) is 0 Å². The van der Waals surface area contributed by atoms with E-state index in [1.807, 2.05) is 0 Å². The fourth-order valence-electron chi connectivity index (χ4n) is 2.54. The summed E-state index contributed by atoms with van der Waals surface area (Å²) in [6.45, 7) is 0.413. The quantitative estimate of drug-likeness (QED) is 0.873. The molecule has 2 N–H and O–H groups in total. The fourth-order valence-corrected chi connectivity index (χ4v) is 3.50. The van der Waals surface area contributed by atoms with E-state index in [1.165, 1.54) is 11.3 Å². The van der Waals surface area contributed by atoms with Crippen molar-refractivity contribution in [3.05, 3.63) is 21.3 Å². The van der Waals surface area contributed by atoms with Crippen LogP contribution in [0.5, 0.6) is 0 Å². The number of halogens is 1. The van der Waals surface area contributed by atoms with Crippen LogP contribution in [0.2, 0.25) is 4.34 Å². The van der Waals surface area contributed by atoms with Crippen molar-refractivity contribution >= 4 is 34.8 Å². The van der Waals surface area contributed by atoms with Crippen LogP contribution in [0.15, 0.2) is 12.1 Å². The number of aliphatic carboxylic acids is 1. The number of carboxylic acid groups (broad SMARTS) is 1. The Balaban J connectivity index is 1.89. The summed E-state index contributed by atoms with van der Waals surface area (Å²) in [6.07, 6.45) is 0.902. The van der Waals surface area contributed by atoms with Crippen molar-refractivity contribution < 1.29 is 19.4 Å². The minimum atomic E-state index is -0.800. The molecule has 0 spiro atoms. The first-order chi connectivity index (χ1) is 9.51. The predicted octanol–water partition coefficient (Wildman–Crippen LogP) is 2.26. The Hall–Kier alpha value is -1.11. The van der Waals surface area contributed by atoms with Crippen LogP contribution >= 0.6 is 22.9 Å². The third-order valence-electron chi connectivity index (χ3n) is 3.60. The molecule has 1 aromatic rings. The van der Waals surface area contributed by atoms with E-state index < -0.39 is 11.9 Å². The molecule has 0 radical (unpaired) electrons. The predicted molar refractivity (Wildman–Crippen MR) is 76.3 cm³/mol. The Morgan fingerprint density at radius 1 is 1.50 bits per heavy atom. The van der Waals surface area contributed by atoms with Crippen molar-refractivity contribution in [3.63, 3.8) is 0 Å². The van der Waals surface area contributed by atoms with Gasteiger partial charge in [-0.3, -0.25) is 9.59 Å². The Bertz CT molecular complexity index is 504. The minimum absolute atomic E-state index is 0.0282. The smallest absolute Gasteiger partial charge is 0.306 e. The zero-order valence-corrected chi connectivity index (χ0v) is 12.5. The van der Waals surface area contributed by atoms with Crippen LogP contribution in [0, 0.1) is 11.8 Å². The maximum absolute atomic E-state index is 11.9. The van der Waals surface area contributed by atoms with Gasteiger partial charge < -0.3 is 15.2 Å². The molecule has 2 rings (SSSR count). The van der Waals surface area contributed by atoms with Crippen molar-refractivity contribution in [1.29, 1.82) is 0 Å². The van der Waals surface area contributed by atoms with Crippen molar-refractivity contribution in [2.75, 3.05) is 13.7 Å². The summed E-state index contributed by atoms with van der Waals surface area (Å²) in [6, 6.07) is 3.35. The summed E-state index contributed by atoms with van der Waals surface area (Å²) in [5.74, 6) is -1.35. The third-order valence-corrected chi connectivity index (χ3v) is 4.83. The van der Waals surface area contributed by atoms with Crippen molar-refractivity contribution in [2.45, 2.75) is 18.9 Å². The van der Waals surface area contributed by atoms with Crippen molar-refractivity contribution in [2.24, 2.45) is 11.8 Å². The Labute approximate surface area is 125 Å². The molecule has 1 aromatic heterocycles. The normalized spacial score (nSPS) is 25.6. The van der Waals surface area contributed by atoms with E-state index in [2.05, 4.69) is 5.32 Å². The highest BCUT2D eigenvalue weighted by atomic mass is 35.5. The first kappa shape index (κ1) is 15.3. The summed E-state index contributed by atoms with van der Waals surface area (Å²) >= 11 is 7.00. The number of amides is 1. The van der Waals surface area contributed by atoms with Crippen LogP contribution in [0.1, 0.15) is 22.5 Å². The molecule has 5 nitrogen and oxygen atoms in total. The van der Waals surface area contributed by atoms with E-state index in [0.29, 0.717) is 28.6 Å². The van der Waals surface area contributed by atoms with Gasteiger partial charge in [0.25, 0.3) is 5.91 Å². The topological polar surface area (TPSA) is 75.6 Å². The molecule has 3 unspecified atom stereocenters. The zero-order chi connectivity index (χ0) is 14.7. The van der Waals surface area contributed by atoms with Gasteiger partial charge in [-0.1, -0.05) is 11.6 Å². The van der Waals surface area contributed by atoms with Gasteiger partial charge in [-0.2, -0.15) is 0 Å². The number of thiophene rings is 1. The van der Waals surface area contributed by atoms with E-state index in [1.54, 1.807) is 19.2 Å². The molecular weight excluding hydrogens is 302 g/mol. The average Bonchev–Trinajstić information content (AvgIpc) is 3.01. The average molecular weight is 318 g/mol. The number of rotatable bonds is 5. The molecule has 0 aromatic carbocycles. The lowest BCUT2D eigenvalue weighted by molar-refractivity contribution is -0.141. The lowest BCUT2D eigenvalue weighted by atomic mass is 10.0. The Kier molecular flexibility index (Phi) is 5.01. The van der Waals surface area contributed by atoms with Gasteiger partial charge in [-0.25, -0.2) is 0 Å². The van der Waals surface area contributed by atoms with E-state index in [9.17, 15) is 9.59 Å². The molecule has 1 aliphatic carbocycles. The summed E-state index contributed by atoms with van der Waals surface area (Å²) in [7, 11) is 1.57. The molecule has 7 heteroatoms. The molecule has 1 saturated carbocycles. The lowest BCUT2D eigenvalue weighted by Gasteiger charge is -2.18. The maximum atomic E-state index is 11.9. The number of carbonyl (C=O) groups is 2. The molecule has 0 aliphatic heterocycles. The monoisotopic (exact) mass is 317 g/mol. The number of hydrogen-bond acceptors (Lipinski definition) is 4. The van der Waals surface area contributed by atoms with Gasteiger partial charge in [-0.15, -0.1) is 11.3 Å². The molecule has 3 atom stereocenters. The third kappa shape index (κ3) is 3.50. The van der Waals surface area contributed by atoms with Crippen molar-refractivity contribution in [3.8, 4) is 0 Å². The van der Waals surface area contributed by atoms with Crippen LogP contribution < -0.4 is 5.32 Å². The molecule has 0 bridgehead atoms. The van der Waals surface area contributed by atoms with Crippen LogP contribution in [0.3, 0.4) is 0 Å². The lowest BCUT2D eigenvalue weighted by Crippen LogP contribution is -2.32. The van der Waals surface area contributed by atoms with Crippen LogP contribution in [-0.2, 0) is 9.53 Å². The largest absolute Gasteiger partial charge is 0.481 e.